The third-order valence-electron chi connectivity index (χ3n) is 4.24. The number of para-hydroxylation sites is 1. The maximum Gasteiger partial charge on any atom is 0.416 e. The predicted octanol–water partition coefficient (Wildman–Crippen LogP) is 4.46. The standard InChI is InChI=1S/C19H18F4N2O2/c20-14-5-1-2-6-17(14)27-12-18(26)24-15-11-13(19(21,22)23)7-8-16(15)25-9-3-4-10-25/h1-2,5-8,11H,3-4,9-10,12H2,(H,24,26). The summed E-state index contributed by atoms with van der Waals surface area (Å²) < 4.78 is 57.7. The lowest BCUT2D eigenvalue weighted by molar-refractivity contribution is -0.137. The van der Waals surface area contributed by atoms with Crippen molar-refractivity contribution in [2.45, 2.75) is 19.0 Å². The highest BCUT2D eigenvalue weighted by molar-refractivity contribution is 5.95. The fraction of sp³-hybridized carbons (Fsp3) is 0.316. The monoisotopic (exact) mass is 382 g/mol. The van der Waals surface area contributed by atoms with Crippen molar-refractivity contribution in [3.05, 3.63) is 53.8 Å². The van der Waals surface area contributed by atoms with Gasteiger partial charge in [0.25, 0.3) is 5.91 Å². The summed E-state index contributed by atoms with van der Waals surface area (Å²) in [5, 5.41) is 2.46. The van der Waals surface area contributed by atoms with Crippen LogP contribution < -0.4 is 15.0 Å². The van der Waals surface area contributed by atoms with Gasteiger partial charge in [0, 0.05) is 13.1 Å². The summed E-state index contributed by atoms with van der Waals surface area (Å²) in [6.45, 7) is 0.899. The van der Waals surface area contributed by atoms with Gasteiger partial charge in [0.1, 0.15) is 0 Å². The number of amides is 1. The van der Waals surface area contributed by atoms with Crippen LogP contribution in [-0.4, -0.2) is 25.6 Å². The first-order valence-corrected chi connectivity index (χ1v) is 8.48. The van der Waals surface area contributed by atoms with Crippen molar-refractivity contribution in [3.63, 3.8) is 0 Å². The number of ether oxygens (including phenoxy) is 1. The number of carbonyl (C=O) groups is 1. The van der Waals surface area contributed by atoms with E-state index in [9.17, 15) is 22.4 Å². The van der Waals surface area contributed by atoms with Crippen molar-refractivity contribution < 1.29 is 27.1 Å². The lowest BCUT2D eigenvalue weighted by atomic mass is 10.1. The van der Waals surface area contributed by atoms with Gasteiger partial charge in [0.15, 0.2) is 18.2 Å². The number of nitrogens with one attached hydrogen (secondary N) is 1. The Morgan fingerprint density at radius 3 is 2.48 bits per heavy atom. The molecule has 1 saturated heterocycles. The second-order valence-electron chi connectivity index (χ2n) is 6.19. The Balaban J connectivity index is 1.76. The minimum Gasteiger partial charge on any atom is -0.481 e. The summed E-state index contributed by atoms with van der Waals surface area (Å²) in [4.78, 5) is 14.1. The summed E-state index contributed by atoms with van der Waals surface area (Å²) in [7, 11) is 0. The van der Waals surface area contributed by atoms with Gasteiger partial charge in [-0.3, -0.25) is 4.79 Å². The van der Waals surface area contributed by atoms with Gasteiger partial charge in [-0.05, 0) is 43.2 Å². The number of hydrogen-bond donors (Lipinski definition) is 1. The number of anilines is 2. The van der Waals surface area contributed by atoms with Crippen LogP contribution in [0.4, 0.5) is 28.9 Å². The van der Waals surface area contributed by atoms with Crippen molar-refractivity contribution in [1.29, 1.82) is 0 Å². The molecule has 1 fully saturated rings. The van der Waals surface area contributed by atoms with Crippen LogP contribution in [0, 0.1) is 5.82 Å². The molecule has 8 heteroatoms. The number of alkyl halides is 3. The second kappa shape index (κ2) is 7.85. The van der Waals surface area contributed by atoms with Crippen LogP contribution in [0.3, 0.4) is 0 Å². The molecule has 0 bridgehead atoms. The van der Waals surface area contributed by atoms with Crippen LogP contribution >= 0.6 is 0 Å². The molecule has 0 radical (unpaired) electrons. The van der Waals surface area contributed by atoms with Crippen molar-refractivity contribution in [1.82, 2.24) is 0 Å². The number of carbonyl (C=O) groups excluding carboxylic acids is 1. The molecule has 0 spiro atoms. The quantitative estimate of drug-likeness (QED) is 0.777. The summed E-state index contributed by atoms with van der Waals surface area (Å²) in [6, 6.07) is 8.85. The Morgan fingerprint density at radius 1 is 1.11 bits per heavy atom. The van der Waals surface area contributed by atoms with Crippen molar-refractivity contribution in [2.75, 3.05) is 29.9 Å². The Labute approximate surface area is 153 Å². The molecule has 0 atom stereocenters. The number of nitrogens with zero attached hydrogens (tertiary/aromatic N) is 1. The van der Waals surface area contributed by atoms with Crippen molar-refractivity contribution in [3.8, 4) is 5.75 Å². The highest BCUT2D eigenvalue weighted by atomic mass is 19.4. The lowest BCUT2D eigenvalue weighted by Gasteiger charge is -2.23. The smallest absolute Gasteiger partial charge is 0.416 e. The van der Waals surface area contributed by atoms with E-state index in [4.69, 9.17) is 4.74 Å². The predicted molar refractivity (Wildman–Crippen MR) is 93.4 cm³/mol. The molecular weight excluding hydrogens is 364 g/mol. The van der Waals surface area contributed by atoms with Gasteiger partial charge in [-0.2, -0.15) is 13.2 Å². The van der Waals surface area contributed by atoms with Crippen molar-refractivity contribution >= 4 is 17.3 Å². The van der Waals surface area contributed by atoms with Crippen LogP contribution in [0.2, 0.25) is 0 Å². The molecule has 1 heterocycles. The minimum absolute atomic E-state index is 0.0638. The van der Waals surface area contributed by atoms with Gasteiger partial charge in [0.05, 0.1) is 16.9 Å². The first-order valence-electron chi connectivity index (χ1n) is 8.48. The number of benzene rings is 2. The number of rotatable bonds is 5. The van der Waals surface area contributed by atoms with Crippen LogP contribution in [0.25, 0.3) is 0 Å². The van der Waals surface area contributed by atoms with E-state index in [0.29, 0.717) is 18.8 Å². The molecule has 1 N–H and O–H groups in total. The van der Waals surface area contributed by atoms with Gasteiger partial charge >= 0.3 is 6.18 Å². The van der Waals surface area contributed by atoms with Gasteiger partial charge in [-0.25, -0.2) is 4.39 Å². The first-order chi connectivity index (χ1) is 12.8. The zero-order chi connectivity index (χ0) is 19.4. The molecule has 1 amide bonds. The highest BCUT2D eigenvalue weighted by Gasteiger charge is 2.32. The average Bonchev–Trinajstić information content (AvgIpc) is 3.14. The largest absolute Gasteiger partial charge is 0.481 e. The molecule has 0 saturated carbocycles. The number of halogens is 4. The zero-order valence-electron chi connectivity index (χ0n) is 14.4. The average molecular weight is 382 g/mol. The van der Waals surface area contributed by atoms with E-state index in [1.54, 1.807) is 6.07 Å². The molecule has 27 heavy (non-hydrogen) atoms. The van der Waals surface area contributed by atoms with E-state index < -0.39 is 30.1 Å². The molecule has 0 unspecified atom stereocenters. The second-order valence-corrected chi connectivity index (χ2v) is 6.19. The van der Waals surface area contributed by atoms with Gasteiger partial charge in [-0.1, -0.05) is 12.1 Å². The molecule has 2 aromatic carbocycles. The zero-order valence-corrected chi connectivity index (χ0v) is 14.4. The molecule has 0 aliphatic carbocycles. The van der Waals surface area contributed by atoms with Crippen LogP contribution in [0.5, 0.6) is 5.75 Å². The lowest BCUT2D eigenvalue weighted by Crippen LogP contribution is -2.24. The van der Waals surface area contributed by atoms with E-state index in [1.165, 1.54) is 24.3 Å². The third kappa shape index (κ3) is 4.69. The van der Waals surface area contributed by atoms with Crippen molar-refractivity contribution in [2.24, 2.45) is 0 Å². The SMILES string of the molecule is O=C(COc1ccccc1F)Nc1cc(C(F)(F)F)ccc1N1CCCC1. The molecule has 0 aromatic heterocycles. The molecule has 144 valence electrons. The van der Waals surface area contributed by atoms with E-state index in [-0.39, 0.29) is 11.4 Å². The van der Waals surface area contributed by atoms with E-state index in [1.807, 2.05) is 4.90 Å². The van der Waals surface area contributed by atoms with E-state index >= 15 is 0 Å². The molecule has 1 aliphatic heterocycles. The highest BCUT2D eigenvalue weighted by Crippen LogP contribution is 2.36. The number of hydrogen-bond acceptors (Lipinski definition) is 3. The van der Waals surface area contributed by atoms with Gasteiger partial charge in [0.2, 0.25) is 0 Å². The summed E-state index contributed by atoms with van der Waals surface area (Å²) in [6.07, 6.45) is -2.65. The van der Waals surface area contributed by atoms with Crippen LogP contribution in [-0.2, 0) is 11.0 Å². The first kappa shape index (κ1) is 19.0. The summed E-state index contributed by atoms with van der Waals surface area (Å²) in [5.41, 5.74) is -0.260. The molecule has 3 rings (SSSR count). The normalized spacial score (nSPS) is 14.3. The van der Waals surface area contributed by atoms with Crippen LogP contribution in [0.15, 0.2) is 42.5 Å². The maximum atomic E-state index is 13.5. The van der Waals surface area contributed by atoms with Gasteiger partial charge in [-0.15, -0.1) is 0 Å². The fourth-order valence-corrected chi connectivity index (χ4v) is 2.94. The van der Waals surface area contributed by atoms with Gasteiger partial charge < -0.3 is 15.0 Å². The molecule has 4 nitrogen and oxygen atoms in total. The Bertz CT molecular complexity index is 818. The Morgan fingerprint density at radius 2 is 1.81 bits per heavy atom. The third-order valence-corrected chi connectivity index (χ3v) is 4.24. The molecular formula is C19H18F4N2O2. The Hall–Kier alpha value is -2.77. The summed E-state index contributed by atoms with van der Waals surface area (Å²) in [5.74, 6) is -1.39. The molecule has 2 aromatic rings. The Kier molecular flexibility index (Phi) is 5.53. The topological polar surface area (TPSA) is 41.6 Å². The maximum absolute atomic E-state index is 13.5. The molecule has 1 aliphatic rings. The fourth-order valence-electron chi connectivity index (χ4n) is 2.94. The van der Waals surface area contributed by atoms with E-state index in [2.05, 4.69) is 5.32 Å². The summed E-state index contributed by atoms with van der Waals surface area (Å²) >= 11 is 0. The van der Waals surface area contributed by atoms with Crippen LogP contribution in [0.1, 0.15) is 18.4 Å². The van der Waals surface area contributed by atoms with E-state index in [0.717, 1.165) is 25.0 Å². The minimum atomic E-state index is -4.52.